The van der Waals surface area contributed by atoms with Crippen LogP contribution >= 0.6 is 0 Å². The number of hydrogen-bond acceptors (Lipinski definition) is 4. The molecule has 0 spiro atoms. The van der Waals surface area contributed by atoms with Crippen LogP contribution < -0.4 is 10.9 Å². The quantitative estimate of drug-likeness (QED) is 0.717. The predicted octanol–water partition coefficient (Wildman–Crippen LogP) is 1.78. The first-order valence-electron chi connectivity index (χ1n) is 6.52. The Bertz CT molecular complexity index is 747. The molecule has 0 amide bonds. The largest absolute Gasteiger partial charge is 0.468 e. The zero-order valence-electron chi connectivity index (χ0n) is 11.0. The third-order valence-corrected chi connectivity index (χ3v) is 3.14. The molecule has 0 bridgehead atoms. The van der Waals surface area contributed by atoms with Gasteiger partial charge in [0, 0.05) is 13.1 Å². The second-order valence-corrected chi connectivity index (χ2v) is 4.49. The maximum atomic E-state index is 11.9. The Hall–Kier alpha value is -2.40. The van der Waals surface area contributed by atoms with Gasteiger partial charge in [-0.05, 0) is 24.3 Å². The lowest BCUT2D eigenvalue weighted by Crippen LogP contribution is -2.27. The monoisotopic (exact) mass is 269 g/mol. The fourth-order valence-corrected chi connectivity index (χ4v) is 2.16. The zero-order valence-corrected chi connectivity index (χ0v) is 11.0. The Balaban J connectivity index is 1.71. The SMILES string of the molecule is O=c1cnc2ccccc2n1CCNCc1ccco1. The van der Waals surface area contributed by atoms with Gasteiger partial charge in [-0.3, -0.25) is 4.79 Å². The molecule has 1 N–H and O–H groups in total. The summed E-state index contributed by atoms with van der Waals surface area (Å²) in [4.78, 5) is 16.1. The van der Waals surface area contributed by atoms with Gasteiger partial charge < -0.3 is 14.3 Å². The molecule has 0 radical (unpaired) electrons. The lowest BCUT2D eigenvalue weighted by molar-refractivity contribution is 0.476. The molecule has 0 unspecified atom stereocenters. The summed E-state index contributed by atoms with van der Waals surface area (Å²) in [5, 5.41) is 3.25. The van der Waals surface area contributed by atoms with E-state index in [4.69, 9.17) is 4.42 Å². The normalized spacial score (nSPS) is 11.0. The molecule has 3 aromatic rings. The molecule has 5 heteroatoms. The van der Waals surface area contributed by atoms with E-state index in [1.165, 1.54) is 6.20 Å². The van der Waals surface area contributed by atoms with Crippen LogP contribution in [0.5, 0.6) is 0 Å². The fraction of sp³-hybridized carbons (Fsp3) is 0.200. The lowest BCUT2D eigenvalue weighted by Gasteiger charge is -2.09. The summed E-state index contributed by atoms with van der Waals surface area (Å²) in [6.07, 6.45) is 3.02. The molecule has 20 heavy (non-hydrogen) atoms. The topological polar surface area (TPSA) is 60.1 Å². The van der Waals surface area contributed by atoms with Gasteiger partial charge in [-0.15, -0.1) is 0 Å². The molecule has 0 saturated carbocycles. The highest BCUT2D eigenvalue weighted by molar-refractivity contribution is 5.74. The van der Waals surface area contributed by atoms with E-state index in [0.717, 1.165) is 16.8 Å². The summed E-state index contributed by atoms with van der Waals surface area (Å²) >= 11 is 0. The Kier molecular flexibility index (Phi) is 3.60. The average Bonchev–Trinajstić information content (AvgIpc) is 2.98. The van der Waals surface area contributed by atoms with E-state index in [1.54, 1.807) is 10.8 Å². The van der Waals surface area contributed by atoms with Crippen LogP contribution in [0.2, 0.25) is 0 Å². The Labute approximate surface area is 115 Å². The second kappa shape index (κ2) is 5.71. The Morgan fingerprint density at radius 2 is 2.10 bits per heavy atom. The van der Waals surface area contributed by atoms with Crippen LogP contribution in [0.1, 0.15) is 5.76 Å². The standard InChI is InChI=1S/C15H15N3O2/c19-15-11-17-13-5-1-2-6-14(13)18(15)8-7-16-10-12-4-3-9-20-12/h1-6,9,11,16H,7-8,10H2. The van der Waals surface area contributed by atoms with E-state index >= 15 is 0 Å². The van der Waals surface area contributed by atoms with Crippen molar-refractivity contribution in [1.29, 1.82) is 0 Å². The Morgan fingerprint density at radius 3 is 2.95 bits per heavy atom. The van der Waals surface area contributed by atoms with Crippen molar-refractivity contribution in [2.24, 2.45) is 0 Å². The molecular weight excluding hydrogens is 254 g/mol. The highest BCUT2D eigenvalue weighted by Gasteiger charge is 2.03. The van der Waals surface area contributed by atoms with E-state index in [1.807, 2.05) is 36.4 Å². The molecule has 2 aromatic heterocycles. The third kappa shape index (κ3) is 2.62. The molecule has 0 aliphatic rings. The van der Waals surface area contributed by atoms with Crippen molar-refractivity contribution in [1.82, 2.24) is 14.9 Å². The van der Waals surface area contributed by atoms with Gasteiger partial charge in [0.15, 0.2) is 0 Å². The number of benzene rings is 1. The van der Waals surface area contributed by atoms with Crippen molar-refractivity contribution in [3.05, 3.63) is 65.0 Å². The van der Waals surface area contributed by atoms with Crippen molar-refractivity contribution < 1.29 is 4.42 Å². The third-order valence-electron chi connectivity index (χ3n) is 3.14. The van der Waals surface area contributed by atoms with E-state index < -0.39 is 0 Å². The minimum atomic E-state index is -0.0801. The summed E-state index contributed by atoms with van der Waals surface area (Å²) in [5.41, 5.74) is 1.61. The van der Waals surface area contributed by atoms with Crippen LogP contribution in [-0.4, -0.2) is 16.1 Å². The van der Waals surface area contributed by atoms with Crippen molar-refractivity contribution in [3.8, 4) is 0 Å². The first-order valence-corrected chi connectivity index (χ1v) is 6.52. The molecule has 2 heterocycles. The van der Waals surface area contributed by atoms with Crippen LogP contribution in [0, 0.1) is 0 Å². The number of hydrogen-bond donors (Lipinski definition) is 1. The van der Waals surface area contributed by atoms with Crippen LogP contribution in [0.3, 0.4) is 0 Å². The van der Waals surface area contributed by atoms with Gasteiger partial charge in [0.05, 0.1) is 30.0 Å². The number of para-hydroxylation sites is 2. The van der Waals surface area contributed by atoms with Crippen LogP contribution in [0.25, 0.3) is 11.0 Å². The van der Waals surface area contributed by atoms with Gasteiger partial charge in [-0.25, -0.2) is 4.98 Å². The van der Waals surface area contributed by atoms with Crippen molar-refractivity contribution in [2.75, 3.05) is 6.54 Å². The fourth-order valence-electron chi connectivity index (χ4n) is 2.16. The van der Waals surface area contributed by atoms with Gasteiger partial charge in [-0.1, -0.05) is 12.1 Å². The van der Waals surface area contributed by atoms with Crippen LogP contribution in [0.15, 0.2) is 58.1 Å². The Morgan fingerprint density at radius 1 is 1.20 bits per heavy atom. The van der Waals surface area contributed by atoms with E-state index in [2.05, 4.69) is 10.3 Å². The van der Waals surface area contributed by atoms with Crippen molar-refractivity contribution >= 4 is 11.0 Å². The van der Waals surface area contributed by atoms with E-state index in [0.29, 0.717) is 19.6 Å². The van der Waals surface area contributed by atoms with Crippen LogP contribution in [-0.2, 0) is 13.1 Å². The number of rotatable bonds is 5. The van der Waals surface area contributed by atoms with E-state index in [9.17, 15) is 4.79 Å². The highest BCUT2D eigenvalue weighted by Crippen LogP contribution is 2.07. The first-order chi connectivity index (χ1) is 9.84. The maximum absolute atomic E-state index is 11.9. The number of fused-ring (bicyclic) bond motifs is 1. The molecule has 3 rings (SSSR count). The predicted molar refractivity (Wildman–Crippen MR) is 76.4 cm³/mol. The van der Waals surface area contributed by atoms with Gasteiger partial charge in [0.2, 0.25) is 0 Å². The van der Waals surface area contributed by atoms with E-state index in [-0.39, 0.29) is 5.56 Å². The molecular formula is C15H15N3O2. The first kappa shape index (κ1) is 12.6. The van der Waals surface area contributed by atoms with Gasteiger partial charge in [0.25, 0.3) is 5.56 Å². The summed E-state index contributed by atoms with van der Waals surface area (Å²) in [6, 6.07) is 11.4. The van der Waals surface area contributed by atoms with Crippen molar-refractivity contribution in [3.63, 3.8) is 0 Å². The number of aromatic nitrogens is 2. The minimum Gasteiger partial charge on any atom is -0.468 e. The maximum Gasteiger partial charge on any atom is 0.269 e. The van der Waals surface area contributed by atoms with Crippen LogP contribution in [0.4, 0.5) is 0 Å². The molecule has 0 fully saturated rings. The smallest absolute Gasteiger partial charge is 0.269 e. The molecule has 0 aliphatic heterocycles. The molecule has 0 saturated heterocycles. The van der Waals surface area contributed by atoms with Gasteiger partial charge in [-0.2, -0.15) is 0 Å². The summed E-state index contributed by atoms with van der Waals surface area (Å²) < 4.78 is 6.97. The van der Waals surface area contributed by atoms with Crippen molar-refractivity contribution in [2.45, 2.75) is 13.1 Å². The molecule has 0 aliphatic carbocycles. The van der Waals surface area contributed by atoms with Gasteiger partial charge in [0.1, 0.15) is 5.76 Å². The molecule has 1 aromatic carbocycles. The highest BCUT2D eigenvalue weighted by atomic mass is 16.3. The summed E-state index contributed by atoms with van der Waals surface area (Å²) in [5.74, 6) is 0.886. The van der Waals surface area contributed by atoms with Gasteiger partial charge >= 0.3 is 0 Å². The molecule has 102 valence electrons. The molecule has 0 atom stereocenters. The number of furan rings is 1. The minimum absolute atomic E-state index is 0.0801. The number of nitrogens with one attached hydrogen (secondary N) is 1. The summed E-state index contributed by atoms with van der Waals surface area (Å²) in [6.45, 7) is 1.95. The number of nitrogens with zero attached hydrogens (tertiary/aromatic N) is 2. The average molecular weight is 269 g/mol. The summed E-state index contributed by atoms with van der Waals surface area (Å²) in [7, 11) is 0. The molecule has 5 nitrogen and oxygen atoms in total. The lowest BCUT2D eigenvalue weighted by atomic mass is 10.3. The second-order valence-electron chi connectivity index (χ2n) is 4.49. The zero-order chi connectivity index (χ0) is 13.8.